The lowest BCUT2D eigenvalue weighted by atomic mass is 10.0. The average molecular weight is 229 g/mol. The molecule has 0 saturated heterocycles. The van der Waals surface area contributed by atoms with Gasteiger partial charge in [-0.1, -0.05) is 6.07 Å². The van der Waals surface area contributed by atoms with E-state index in [4.69, 9.17) is 0 Å². The Hall–Kier alpha value is -2.03. The van der Waals surface area contributed by atoms with Gasteiger partial charge in [-0.05, 0) is 49.2 Å². The van der Waals surface area contributed by atoms with E-state index in [0.717, 1.165) is 0 Å². The van der Waals surface area contributed by atoms with Gasteiger partial charge in [0.2, 0.25) is 5.78 Å². The lowest BCUT2D eigenvalue weighted by molar-refractivity contribution is 0.103. The first-order valence-electron chi connectivity index (χ1n) is 5.32. The lowest BCUT2D eigenvalue weighted by Gasteiger charge is -2.05. The van der Waals surface area contributed by atoms with E-state index in [9.17, 15) is 9.18 Å². The summed E-state index contributed by atoms with van der Waals surface area (Å²) in [7, 11) is 0. The number of nitrogens with zero attached hydrogens (tertiary/aromatic N) is 1. The summed E-state index contributed by atoms with van der Waals surface area (Å²) in [6, 6.07) is 8.26. The van der Waals surface area contributed by atoms with Crippen LogP contribution >= 0.6 is 0 Å². The molecule has 1 heterocycles. The highest BCUT2D eigenvalue weighted by Gasteiger charge is 2.13. The van der Waals surface area contributed by atoms with Crippen LogP contribution < -0.4 is 0 Å². The number of benzene rings is 1. The highest BCUT2D eigenvalue weighted by molar-refractivity contribution is 6.07. The molecule has 0 atom stereocenters. The Bertz CT molecular complexity index is 541. The van der Waals surface area contributed by atoms with Crippen LogP contribution in [0.1, 0.15) is 27.2 Å². The molecule has 0 spiro atoms. The van der Waals surface area contributed by atoms with E-state index in [-0.39, 0.29) is 11.6 Å². The maximum Gasteiger partial charge on any atom is 0.211 e. The fourth-order valence-corrected chi connectivity index (χ4v) is 1.72. The molecule has 0 bridgehead atoms. The van der Waals surface area contributed by atoms with Gasteiger partial charge in [0, 0.05) is 11.8 Å². The third-order valence-electron chi connectivity index (χ3n) is 2.60. The molecule has 0 aliphatic rings. The molecule has 0 aliphatic heterocycles. The molecule has 1 aromatic heterocycles. The van der Waals surface area contributed by atoms with Crippen LogP contribution in [0, 0.1) is 19.7 Å². The van der Waals surface area contributed by atoms with Crippen LogP contribution in [0.4, 0.5) is 4.39 Å². The van der Waals surface area contributed by atoms with Gasteiger partial charge in [-0.3, -0.25) is 9.78 Å². The molecule has 86 valence electrons. The van der Waals surface area contributed by atoms with Gasteiger partial charge in [-0.25, -0.2) is 4.39 Å². The summed E-state index contributed by atoms with van der Waals surface area (Å²) >= 11 is 0. The van der Waals surface area contributed by atoms with Crippen molar-refractivity contribution in [3.8, 4) is 0 Å². The molecule has 2 aromatic rings. The molecule has 3 heteroatoms. The van der Waals surface area contributed by atoms with E-state index in [0.29, 0.717) is 22.4 Å². The molecule has 0 radical (unpaired) electrons. The van der Waals surface area contributed by atoms with Crippen LogP contribution in [0.25, 0.3) is 0 Å². The van der Waals surface area contributed by atoms with E-state index >= 15 is 0 Å². The number of pyridine rings is 1. The first-order valence-corrected chi connectivity index (χ1v) is 5.32. The number of halogens is 1. The average Bonchev–Trinajstić information content (AvgIpc) is 2.35. The summed E-state index contributed by atoms with van der Waals surface area (Å²) in [5.74, 6) is -0.445. The van der Waals surface area contributed by atoms with Crippen LogP contribution in [0.5, 0.6) is 0 Å². The molecule has 0 unspecified atom stereocenters. The summed E-state index contributed by atoms with van der Waals surface area (Å²) in [4.78, 5) is 16.1. The Morgan fingerprint density at radius 3 is 2.35 bits per heavy atom. The summed E-state index contributed by atoms with van der Waals surface area (Å²) in [6.07, 6.45) is 1.57. The third-order valence-corrected chi connectivity index (χ3v) is 2.60. The number of hydrogen-bond acceptors (Lipinski definition) is 2. The molecule has 17 heavy (non-hydrogen) atoms. The predicted octanol–water partition coefficient (Wildman–Crippen LogP) is 3.07. The van der Waals surface area contributed by atoms with Gasteiger partial charge < -0.3 is 0 Å². The zero-order valence-electron chi connectivity index (χ0n) is 9.70. The van der Waals surface area contributed by atoms with Crippen molar-refractivity contribution in [1.82, 2.24) is 4.98 Å². The van der Waals surface area contributed by atoms with Gasteiger partial charge in [0.15, 0.2) is 0 Å². The second-order valence-electron chi connectivity index (χ2n) is 3.97. The highest BCUT2D eigenvalue weighted by Crippen LogP contribution is 2.16. The minimum Gasteiger partial charge on any atom is -0.287 e. The van der Waals surface area contributed by atoms with Crippen LogP contribution in [-0.2, 0) is 0 Å². The van der Waals surface area contributed by atoms with Crippen molar-refractivity contribution < 1.29 is 9.18 Å². The standard InChI is InChI=1S/C14H12FNO/c1-9-7-11(8-10(2)13(9)15)14(17)12-5-3-4-6-16-12/h3-8H,1-2H3. The molecule has 1 aromatic carbocycles. The SMILES string of the molecule is Cc1cc(C(=O)c2ccccn2)cc(C)c1F. The molecule has 2 rings (SSSR count). The van der Waals surface area contributed by atoms with Crippen LogP contribution in [0.3, 0.4) is 0 Å². The Morgan fingerprint density at radius 1 is 1.18 bits per heavy atom. The minimum atomic E-state index is -0.262. The second-order valence-corrected chi connectivity index (χ2v) is 3.97. The van der Waals surface area contributed by atoms with Crippen molar-refractivity contribution in [1.29, 1.82) is 0 Å². The van der Waals surface area contributed by atoms with Crippen molar-refractivity contribution in [3.63, 3.8) is 0 Å². The number of aryl methyl sites for hydroxylation is 2. The van der Waals surface area contributed by atoms with Crippen LogP contribution in [0.2, 0.25) is 0 Å². The third kappa shape index (κ3) is 2.23. The summed E-state index contributed by atoms with van der Waals surface area (Å²) in [5, 5.41) is 0. The zero-order chi connectivity index (χ0) is 12.4. The van der Waals surface area contributed by atoms with Crippen LogP contribution in [0.15, 0.2) is 36.5 Å². The summed E-state index contributed by atoms with van der Waals surface area (Å²) in [5.41, 5.74) is 1.80. The van der Waals surface area contributed by atoms with Gasteiger partial charge in [-0.15, -0.1) is 0 Å². The Kier molecular flexibility index (Phi) is 3.00. The molecule has 0 aliphatic carbocycles. The van der Waals surface area contributed by atoms with Crippen molar-refractivity contribution in [3.05, 3.63) is 64.7 Å². The Labute approximate surface area is 99.1 Å². The van der Waals surface area contributed by atoms with Gasteiger partial charge in [0.1, 0.15) is 11.5 Å². The Morgan fingerprint density at radius 2 is 1.82 bits per heavy atom. The molecule has 0 amide bonds. The van der Waals surface area contributed by atoms with Crippen molar-refractivity contribution in [2.24, 2.45) is 0 Å². The monoisotopic (exact) mass is 229 g/mol. The van der Waals surface area contributed by atoms with E-state index in [1.165, 1.54) is 0 Å². The van der Waals surface area contributed by atoms with Crippen LogP contribution in [-0.4, -0.2) is 10.8 Å². The first kappa shape index (κ1) is 11.5. The minimum absolute atomic E-state index is 0.184. The summed E-state index contributed by atoms with van der Waals surface area (Å²) < 4.78 is 13.4. The van der Waals surface area contributed by atoms with E-state index < -0.39 is 0 Å². The van der Waals surface area contributed by atoms with E-state index in [2.05, 4.69) is 4.98 Å². The number of ketones is 1. The number of carbonyl (C=O) groups is 1. The normalized spacial score (nSPS) is 10.3. The van der Waals surface area contributed by atoms with Gasteiger partial charge in [0.05, 0.1) is 0 Å². The second kappa shape index (κ2) is 4.45. The largest absolute Gasteiger partial charge is 0.287 e. The molecular formula is C14H12FNO. The molecule has 2 nitrogen and oxygen atoms in total. The molecular weight excluding hydrogens is 217 g/mol. The molecule has 0 N–H and O–H groups in total. The fourth-order valence-electron chi connectivity index (χ4n) is 1.72. The first-order chi connectivity index (χ1) is 8.09. The molecule has 0 fully saturated rings. The van der Waals surface area contributed by atoms with Crippen molar-refractivity contribution in [2.45, 2.75) is 13.8 Å². The van der Waals surface area contributed by atoms with Crippen molar-refractivity contribution >= 4 is 5.78 Å². The van der Waals surface area contributed by atoms with E-state index in [1.807, 2.05) is 0 Å². The summed E-state index contributed by atoms with van der Waals surface area (Å²) in [6.45, 7) is 3.30. The van der Waals surface area contributed by atoms with Gasteiger partial charge in [0.25, 0.3) is 0 Å². The number of hydrogen-bond donors (Lipinski definition) is 0. The zero-order valence-corrected chi connectivity index (χ0v) is 9.70. The van der Waals surface area contributed by atoms with E-state index in [1.54, 1.807) is 50.4 Å². The maximum atomic E-state index is 13.4. The van der Waals surface area contributed by atoms with Crippen molar-refractivity contribution in [2.75, 3.05) is 0 Å². The number of carbonyl (C=O) groups excluding carboxylic acids is 1. The lowest BCUT2D eigenvalue weighted by Crippen LogP contribution is -2.05. The maximum absolute atomic E-state index is 13.4. The smallest absolute Gasteiger partial charge is 0.211 e. The Balaban J connectivity index is 2.45. The predicted molar refractivity (Wildman–Crippen MR) is 63.5 cm³/mol. The van der Waals surface area contributed by atoms with Gasteiger partial charge in [-0.2, -0.15) is 0 Å². The quantitative estimate of drug-likeness (QED) is 0.741. The highest BCUT2D eigenvalue weighted by atomic mass is 19.1. The number of aromatic nitrogens is 1. The molecule has 0 saturated carbocycles. The number of rotatable bonds is 2. The topological polar surface area (TPSA) is 30.0 Å². The van der Waals surface area contributed by atoms with Gasteiger partial charge >= 0.3 is 0 Å². The fraction of sp³-hybridized carbons (Fsp3) is 0.143.